The first-order chi connectivity index (χ1) is 13.6. The molecule has 1 amide bonds. The Kier molecular flexibility index (Phi) is 6.84. The summed E-state index contributed by atoms with van der Waals surface area (Å²) in [5.74, 6) is -0.473. The fourth-order valence-electron chi connectivity index (χ4n) is 3.52. The molecule has 0 bridgehead atoms. The fourth-order valence-corrected chi connectivity index (χ4v) is 3.52. The number of benzene rings is 1. The standard InChI is InChI=1S/C22H28N2O5/c1-12(2)24(21(26)16-9-8-10-17(11-16)28-6)15(5)20(25)18-13(3)19(22(27)29-7)23-14(18)4/h8-12,15,23H,1-7H3. The summed E-state index contributed by atoms with van der Waals surface area (Å²) < 4.78 is 9.98. The van der Waals surface area contributed by atoms with Crippen molar-refractivity contribution < 1.29 is 23.9 Å². The molecule has 0 saturated heterocycles. The van der Waals surface area contributed by atoms with Gasteiger partial charge in [-0.25, -0.2) is 4.79 Å². The molecule has 0 aliphatic rings. The van der Waals surface area contributed by atoms with E-state index in [1.165, 1.54) is 14.2 Å². The Morgan fingerprint density at radius 2 is 1.72 bits per heavy atom. The number of esters is 1. The van der Waals surface area contributed by atoms with Gasteiger partial charge in [-0.3, -0.25) is 9.59 Å². The van der Waals surface area contributed by atoms with Gasteiger partial charge in [0.2, 0.25) is 0 Å². The summed E-state index contributed by atoms with van der Waals surface area (Å²) >= 11 is 0. The minimum Gasteiger partial charge on any atom is -0.497 e. The highest BCUT2D eigenvalue weighted by molar-refractivity contribution is 6.07. The Morgan fingerprint density at radius 1 is 1.07 bits per heavy atom. The molecule has 7 heteroatoms. The van der Waals surface area contributed by atoms with Gasteiger partial charge in [-0.2, -0.15) is 0 Å². The molecule has 2 rings (SSSR count). The predicted octanol–water partition coefficient (Wildman–Crippen LogP) is 3.55. The number of nitrogens with one attached hydrogen (secondary N) is 1. The number of ketones is 1. The van der Waals surface area contributed by atoms with Gasteiger partial charge in [-0.15, -0.1) is 0 Å². The quantitative estimate of drug-likeness (QED) is 0.567. The van der Waals surface area contributed by atoms with Gasteiger partial charge < -0.3 is 19.4 Å². The summed E-state index contributed by atoms with van der Waals surface area (Å²) in [5, 5.41) is 0. The van der Waals surface area contributed by atoms with Crippen molar-refractivity contribution in [2.45, 2.75) is 46.7 Å². The topological polar surface area (TPSA) is 88.7 Å². The Hall–Kier alpha value is -3.09. The normalized spacial score (nSPS) is 11.9. The number of aromatic amines is 1. The third kappa shape index (κ3) is 4.34. The Labute approximate surface area is 171 Å². The molecule has 1 unspecified atom stereocenters. The van der Waals surface area contributed by atoms with Crippen LogP contribution < -0.4 is 4.74 Å². The molecular weight excluding hydrogens is 372 g/mol. The van der Waals surface area contributed by atoms with Gasteiger partial charge in [0.1, 0.15) is 11.4 Å². The Balaban J connectivity index is 2.42. The van der Waals surface area contributed by atoms with E-state index < -0.39 is 12.0 Å². The summed E-state index contributed by atoms with van der Waals surface area (Å²) in [7, 11) is 2.82. The molecule has 156 valence electrons. The number of carbonyl (C=O) groups is 3. The number of hydrogen-bond donors (Lipinski definition) is 1. The summed E-state index contributed by atoms with van der Waals surface area (Å²) in [4.78, 5) is 42.9. The number of carbonyl (C=O) groups excluding carboxylic acids is 3. The maximum absolute atomic E-state index is 13.3. The Bertz CT molecular complexity index is 929. The lowest BCUT2D eigenvalue weighted by atomic mass is 9.98. The lowest BCUT2D eigenvalue weighted by Gasteiger charge is -2.32. The maximum atomic E-state index is 13.3. The van der Waals surface area contributed by atoms with Crippen LogP contribution >= 0.6 is 0 Å². The number of amides is 1. The van der Waals surface area contributed by atoms with Crippen molar-refractivity contribution in [1.82, 2.24) is 9.88 Å². The molecule has 0 aliphatic heterocycles. The number of Topliss-reactive ketones (excluding diaryl/α,β-unsaturated/α-hetero) is 1. The molecule has 2 aromatic rings. The van der Waals surface area contributed by atoms with E-state index in [0.29, 0.717) is 28.1 Å². The van der Waals surface area contributed by atoms with Crippen molar-refractivity contribution in [2.24, 2.45) is 0 Å². The lowest BCUT2D eigenvalue weighted by Crippen LogP contribution is -2.47. The van der Waals surface area contributed by atoms with Crippen molar-refractivity contribution in [2.75, 3.05) is 14.2 Å². The average Bonchev–Trinajstić information content (AvgIpc) is 3.00. The van der Waals surface area contributed by atoms with E-state index in [4.69, 9.17) is 9.47 Å². The van der Waals surface area contributed by atoms with Crippen LogP contribution in [0.25, 0.3) is 0 Å². The molecule has 1 heterocycles. The zero-order valence-corrected chi connectivity index (χ0v) is 18.0. The van der Waals surface area contributed by atoms with Gasteiger partial charge in [-0.1, -0.05) is 6.07 Å². The SMILES string of the molecule is COC(=O)c1[nH]c(C)c(C(=O)C(C)N(C(=O)c2cccc(OC)c2)C(C)C)c1C. The monoisotopic (exact) mass is 400 g/mol. The van der Waals surface area contributed by atoms with Crippen LogP contribution in [0.5, 0.6) is 5.75 Å². The van der Waals surface area contributed by atoms with Crippen molar-refractivity contribution in [1.29, 1.82) is 0 Å². The predicted molar refractivity (Wildman–Crippen MR) is 110 cm³/mol. The van der Waals surface area contributed by atoms with Crippen LogP contribution in [0, 0.1) is 13.8 Å². The second kappa shape index (κ2) is 8.94. The molecule has 1 aromatic carbocycles. The largest absolute Gasteiger partial charge is 0.497 e. The van der Waals surface area contributed by atoms with E-state index >= 15 is 0 Å². The zero-order valence-electron chi connectivity index (χ0n) is 18.0. The number of aryl methyl sites for hydroxylation is 1. The van der Waals surface area contributed by atoms with Crippen molar-refractivity contribution in [3.63, 3.8) is 0 Å². The van der Waals surface area contributed by atoms with Crippen LogP contribution in [-0.2, 0) is 4.74 Å². The van der Waals surface area contributed by atoms with Gasteiger partial charge >= 0.3 is 5.97 Å². The van der Waals surface area contributed by atoms with E-state index in [9.17, 15) is 14.4 Å². The average molecular weight is 400 g/mol. The van der Waals surface area contributed by atoms with E-state index in [0.717, 1.165) is 0 Å². The summed E-state index contributed by atoms with van der Waals surface area (Å²) in [6, 6.07) is 5.89. The number of nitrogens with zero attached hydrogens (tertiary/aromatic N) is 1. The lowest BCUT2D eigenvalue weighted by molar-refractivity contribution is 0.0565. The van der Waals surface area contributed by atoms with Gasteiger partial charge in [0, 0.05) is 22.9 Å². The molecule has 1 aromatic heterocycles. The number of methoxy groups -OCH3 is 2. The first-order valence-corrected chi connectivity index (χ1v) is 9.42. The van der Waals surface area contributed by atoms with Crippen LogP contribution in [0.3, 0.4) is 0 Å². The molecule has 0 fully saturated rings. The van der Waals surface area contributed by atoms with E-state index in [1.54, 1.807) is 49.9 Å². The number of rotatable bonds is 7. The smallest absolute Gasteiger partial charge is 0.354 e. The second-order valence-electron chi connectivity index (χ2n) is 7.19. The third-order valence-electron chi connectivity index (χ3n) is 4.98. The fraction of sp³-hybridized carbons (Fsp3) is 0.409. The first-order valence-electron chi connectivity index (χ1n) is 9.42. The number of ether oxygens (including phenoxy) is 2. The highest BCUT2D eigenvalue weighted by Crippen LogP contribution is 2.24. The summed E-state index contributed by atoms with van der Waals surface area (Å²) in [5.41, 5.74) is 2.18. The number of hydrogen-bond acceptors (Lipinski definition) is 5. The molecule has 0 spiro atoms. The molecular formula is C22H28N2O5. The van der Waals surface area contributed by atoms with Crippen molar-refractivity contribution >= 4 is 17.7 Å². The Morgan fingerprint density at radius 3 is 2.28 bits per heavy atom. The minimum atomic E-state index is -0.729. The zero-order chi connectivity index (χ0) is 21.9. The van der Waals surface area contributed by atoms with Gasteiger partial charge in [0.05, 0.1) is 20.3 Å². The van der Waals surface area contributed by atoms with Crippen LogP contribution in [0.15, 0.2) is 24.3 Å². The van der Waals surface area contributed by atoms with Crippen LogP contribution in [0.1, 0.15) is 63.2 Å². The molecule has 0 aliphatic carbocycles. The van der Waals surface area contributed by atoms with E-state index in [-0.39, 0.29) is 23.4 Å². The number of aromatic nitrogens is 1. The maximum Gasteiger partial charge on any atom is 0.354 e. The molecule has 1 N–H and O–H groups in total. The molecule has 29 heavy (non-hydrogen) atoms. The molecule has 0 saturated carbocycles. The summed E-state index contributed by atoms with van der Waals surface area (Å²) in [6.45, 7) is 8.84. The van der Waals surface area contributed by atoms with E-state index in [1.807, 2.05) is 13.8 Å². The minimum absolute atomic E-state index is 0.215. The van der Waals surface area contributed by atoms with Crippen LogP contribution in [0.4, 0.5) is 0 Å². The van der Waals surface area contributed by atoms with Gasteiger partial charge in [0.15, 0.2) is 5.78 Å². The highest BCUT2D eigenvalue weighted by atomic mass is 16.5. The molecule has 1 atom stereocenters. The molecule has 0 radical (unpaired) electrons. The van der Waals surface area contributed by atoms with Crippen molar-refractivity contribution in [3.05, 3.63) is 52.3 Å². The van der Waals surface area contributed by atoms with Crippen molar-refractivity contribution in [3.8, 4) is 5.75 Å². The second-order valence-corrected chi connectivity index (χ2v) is 7.19. The van der Waals surface area contributed by atoms with Gasteiger partial charge in [-0.05, 0) is 58.4 Å². The van der Waals surface area contributed by atoms with Crippen LogP contribution in [0.2, 0.25) is 0 Å². The first kappa shape index (κ1) is 22.2. The summed E-state index contributed by atoms with van der Waals surface area (Å²) in [6.07, 6.45) is 0. The van der Waals surface area contributed by atoms with Gasteiger partial charge in [0.25, 0.3) is 5.91 Å². The van der Waals surface area contributed by atoms with E-state index in [2.05, 4.69) is 4.98 Å². The van der Waals surface area contributed by atoms with Crippen LogP contribution in [-0.4, -0.2) is 53.8 Å². The number of H-pyrrole nitrogens is 1. The third-order valence-corrected chi connectivity index (χ3v) is 4.98. The molecule has 7 nitrogen and oxygen atoms in total. The highest BCUT2D eigenvalue weighted by Gasteiger charge is 2.33.